The van der Waals surface area contributed by atoms with Gasteiger partial charge in [-0.25, -0.2) is 9.18 Å². The van der Waals surface area contributed by atoms with Crippen LogP contribution in [-0.4, -0.2) is 60.6 Å². The van der Waals surface area contributed by atoms with E-state index in [0.29, 0.717) is 31.0 Å². The van der Waals surface area contributed by atoms with Crippen LogP contribution in [0, 0.1) is 17.2 Å². The molecule has 4 rings (SSSR count). The van der Waals surface area contributed by atoms with Gasteiger partial charge in [0.1, 0.15) is 11.6 Å². The van der Waals surface area contributed by atoms with Crippen molar-refractivity contribution in [1.29, 1.82) is 0 Å². The summed E-state index contributed by atoms with van der Waals surface area (Å²) in [5, 5.41) is 0. The van der Waals surface area contributed by atoms with Crippen LogP contribution in [0.2, 0.25) is 0 Å². The van der Waals surface area contributed by atoms with Crippen molar-refractivity contribution in [3.8, 4) is 5.75 Å². The Labute approximate surface area is 184 Å². The van der Waals surface area contributed by atoms with Gasteiger partial charge in [0.25, 0.3) is 0 Å². The Morgan fingerprint density at radius 2 is 1.55 bits per heavy atom. The maximum absolute atomic E-state index is 13.3. The van der Waals surface area contributed by atoms with Gasteiger partial charge in [-0.1, -0.05) is 38.1 Å². The normalized spacial score (nSPS) is 17.4. The number of hydrogen-bond donors (Lipinski definition) is 0. The number of nitrogens with zero attached hydrogens (tertiary/aromatic N) is 3. The molecule has 5 nitrogen and oxygen atoms in total. The van der Waals surface area contributed by atoms with E-state index in [-0.39, 0.29) is 11.8 Å². The lowest BCUT2D eigenvalue weighted by Gasteiger charge is -2.59. The van der Waals surface area contributed by atoms with E-state index in [4.69, 9.17) is 4.74 Å². The zero-order valence-corrected chi connectivity index (χ0v) is 18.7. The Kier molecular flexibility index (Phi) is 6.19. The molecular weight excluding hydrogens is 393 g/mol. The molecule has 2 fully saturated rings. The second-order valence-electron chi connectivity index (χ2n) is 9.64. The lowest BCUT2D eigenvalue weighted by Crippen LogP contribution is -2.73. The van der Waals surface area contributed by atoms with Crippen molar-refractivity contribution in [3.05, 3.63) is 65.5 Å². The van der Waals surface area contributed by atoms with Crippen LogP contribution in [0.25, 0.3) is 0 Å². The van der Waals surface area contributed by atoms with E-state index in [0.717, 1.165) is 43.1 Å². The summed E-state index contributed by atoms with van der Waals surface area (Å²) in [4.78, 5) is 19.4. The fraction of sp³-hybridized carbons (Fsp3) is 0.480. The first-order valence-corrected chi connectivity index (χ1v) is 11.0. The molecule has 0 aliphatic carbocycles. The summed E-state index contributed by atoms with van der Waals surface area (Å²) < 4.78 is 19.1. The minimum atomic E-state index is -0.266. The Hall–Kier alpha value is -2.60. The predicted molar refractivity (Wildman–Crippen MR) is 119 cm³/mol. The van der Waals surface area contributed by atoms with E-state index in [1.807, 2.05) is 34.1 Å². The number of carbonyl (C=O) groups is 1. The predicted octanol–water partition coefficient (Wildman–Crippen LogP) is 4.23. The Bertz CT molecular complexity index is 884. The lowest BCUT2D eigenvalue weighted by atomic mass is 9.73. The molecule has 6 heteroatoms. The molecule has 0 aromatic heterocycles. The monoisotopic (exact) mass is 425 g/mol. The van der Waals surface area contributed by atoms with Crippen molar-refractivity contribution in [3.63, 3.8) is 0 Å². The third-order valence-electron chi connectivity index (χ3n) is 5.97. The maximum Gasteiger partial charge on any atom is 0.320 e. The van der Waals surface area contributed by atoms with E-state index in [1.165, 1.54) is 12.1 Å². The molecule has 0 atom stereocenters. The average molecular weight is 426 g/mol. The molecule has 166 valence electrons. The molecule has 0 radical (unpaired) electrons. The molecule has 2 aromatic rings. The number of carbonyl (C=O) groups excluding carboxylic acids is 1. The molecule has 0 N–H and O–H groups in total. The van der Waals surface area contributed by atoms with Gasteiger partial charge in [-0.3, -0.25) is 0 Å². The number of ether oxygens (including phenoxy) is 1. The van der Waals surface area contributed by atoms with Gasteiger partial charge >= 0.3 is 6.03 Å². The Morgan fingerprint density at radius 1 is 1.00 bits per heavy atom. The number of urea groups is 1. The second kappa shape index (κ2) is 8.87. The highest BCUT2D eigenvalue weighted by atomic mass is 19.1. The van der Waals surface area contributed by atoms with Gasteiger partial charge in [0.05, 0.1) is 6.61 Å². The molecule has 2 heterocycles. The summed E-state index contributed by atoms with van der Waals surface area (Å²) in [5.41, 5.74) is 2.26. The molecule has 0 unspecified atom stereocenters. The van der Waals surface area contributed by atoms with Gasteiger partial charge < -0.3 is 19.4 Å². The van der Waals surface area contributed by atoms with Crippen molar-refractivity contribution in [2.45, 2.75) is 26.9 Å². The molecule has 2 aliphatic rings. The smallest absolute Gasteiger partial charge is 0.320 e. The zero-order chi connectivity index (χ0) is 22.0. The number of amides is 2. The zero-order valence-electron chi connectivity index (χ0n) is 18.7. The first-order valence-electron chi connectivity index (χ1n) is 11.0. The lowest BCUT2D eigenvalue weighted by molar-refractivity contribution is -0.0882. The summed E-state index contributed by atoms with van der Waals surface area (Å²) in [5.74, 6) is 1.05. The van der Waals surface area contributed by atoms with Crippen LogP contribution in [0.3, 0.4) is 0 Å². The molecule has 2 aliphatic heterocycles. The van der Waals surface area contributed by atoms with Gasteiger partial charge in [0, 0.05) is 44.7 Å². The number of benzene rings is 2. The molecule has 0 saturated carbocycles. The highest BCUT2D eigenvalue weighted by Gasteiger charge is 2.52. The van der Waals surface area contributed by atoms with Gasteiger partial charge in [-0.05, 0) is 48.4 Å². The molecule has 31 heavy (non-hydrogen) atoms. The molecule has 2 saturated heterocycles. The van der Waals surface area contributed by atoms with Crippen molar-refractivity contribution in [2.24, 2.45) is 11.3 Å². The molecule has 2 amide bonds. The quantitative estimate of drug-likeness (QED) is 0.666. The minimum absolute atomic E-state index is 0.0460. The third kappa shape index (κ3) is 5.18. The highest BCUT2D eigenvalue weighted by Crippen LogP contribution is 2.39. The van der Waals surface area contributed by atoms with Gasteiger partial charge in [0.2, 0.25) is 0 Å². The van der Waals surface area contributed by atoms with Gasteiger partial charge in [-0.15, -0.1) is 0 Å². The standard InChI is InChI=1S/C25H32FN3O2/c1-19(2)14-31-23-10-6-21(7-11-23)13-28(12-20-4-8-22(26)9-5-20)24(30)29-17-25(18-29)15-27(3)16-25/h4-11,19H,12-18H2,1-3H3. The van der Waals surface area contributed by atoms with Crippen LogP contribution in [0.15, 0.2) is 48.5 Å². The third-order valence-corrected chi connectivity index (χ3v) is 5.97. The first kappa shape index (κ1) is 21.6. The van der Waals surface area contributed by atoms with E-state index in [2.05, 4.69) is 25.8 Å². The fourth-order valence-corrected chi connectivity index (χ4v) is 4.57. The van der Waals surface area contributed by atoms with Crippen molar-refractivity contribution >= 4 is 6.03 Å². The van der Waals surface area contributed by atoms with Crippen molar-refractivity contribution in [1.82, 2.24) is 14.7 Å². The van der Waals surface area contributed by atoms with E-state index >= 15 is 0 Å². The maximum atomic E-state index is 13.3. The van der Waals surface area contributed by atoms with E-state index < -0.39 is 0 Å². The Morgan fingerprint density at radius 3 is 2.06 bits per heavy atom. The summed E-state index contributed by atoms with van der Waals surface area (Å²) in [6.45, 7) is 9.64. The van der Waals surface area contributed by atoms with Crippen LogP contribution in [0.1, 0.15) is 25.0 Å². The Balaban J connectivity index is 1.43. The first-order chi connectivity index (χ1) is 14.8. The summed E-state index contributed by atoms with van der Waals surface area (Å²) >= 11 is 0. The SMILES string of the molecule is CC(C)COc1ccc(CN(Cc2ccc(F)cc2)C(=O)N2CC3(CN(C)C3)C2)cc1. The van der Waals surface area contributed by atoms with E-state index in [9.17, 15) is 9.18 Å². The van der Waals surface area contributed by atoms with Crippen LogP contribution in [0.5, 0.6) is 5.75 Å². The van der Waals surface area contributed by atoms with Gasteiger partial charge in [0.15, 0.2) is 0 Å². The van der Waals surface area contributed by atoms with Crippen molar-refractivity contribution in [2.75, 3.05) is 39.8 Å². The van der Waals surface area contributed by atoms with Gasteiger partial charge in [-0.2, -0.15) is 0 Å². The summed E-state index contributed by atoms with van der Waals surface area (Å²) in [7, 11) is 2.12. The van der Waals surface area contributed by atoms with Crippen LogP contribution in [-0.2, 0) is 13.1 Å². The largest absolute Gasteiger partial charge is 0.493 e. The van der Waals surface area contributed by atoms with Crippen LogP contribution >= 0.6 is 0 Å². The van der Waals surface area contributed by atoms with Crippen LogP contribution < -0.4 is 4.74 Å². The molecule has 0 bridgehead atoms. The van der Waals surface area contributed by atoms with Crippen LogP contribution in [0.4, 0.5) is 9.18 Å². The second-order valence-corrected chi connectivity index (χ2v) is 9.64. The van der Waals surface area contributed by atoms with Crippen molar-refractivity contribution < 1.29 is 13.9 Å². The highest BCUT2D eigenvalue weighted by molar-refractivity contribution is 5.75. The number of halogens is 1. The minimum Gasteiger partial charge on any atom is -0.493 e. The number of likely N-dealkylation sites (tertiary alicyclic amines) is 2. The molecule has 1 spiro atoms. The number of hydrogen-bond acceptors (Lipinski definition) is 3. The summed E-state index contributed by atoms with van der Waals surface area (Å²) in [6.07, 6.45) is 0. The fourth-order valence-electron chi connectivity index (χ4n) is 4.57. The number of rotatable bonds is 7. The molecule has 2 aromatic carbocycles. The summed E-state index contributed by atoms with van der Waals surface area (Å²) in [6, 6.07) is 14.4. The van der Waals surface area contributed by atoms with E-state index in [1.54, 1.807) is 12.1 Å². The average Bonchev–Trinajstić information content (AvgIpc) is 2.69. The topological polar surface area (TPSA) is 36.0 Å². The molecular formula is C25H32FN3O2.